The summed E-state index contributed by atoms with van der Waals surface area (Å²) >= 11 is 0. The first-order chi connectivity index (χ1) is 12.1. The first-order valence-electron chi connectivity index (χ1n) is 8.49. The monoisotopic (exact) mass is 342 g/mol. The Labute approximate surface area is 146 Å². The van der Waals surface area contributed by atoms with Crippen molar-refractivity contribution < 1.29 is 14.3 Å². The normalized spacial score (nSPS) is 20.3. The second-order valence-electron chi connectivity index (χ2n) is 6.39. The zero-order valence-corrected chi connectivity index (χ0v) is 14.5. The predicted octanol–water partition coefficient (Wildman–Crippen LogP) is 2.21. The maximum Gasteiger partial charge on any atom is 0.338 e. The molecule has 1 fully saturated rings. The molecule has 0 spiro atoms. The largest absolute Gasteiger partial charge is 0.452 e. The summed E-state index contributed by atoms with van der Waals surface area (Å²) in [4.78, 5) is 30.3. The van der Waals surface area contributed by atoms with Gasteiger partial charge in [-0.2, -0.15) is 5.10 Å². The third-order valence-corrected chi connectivity index (χ3v) is 4.59. The van der Waals surface area contributed by atoms with Gasteiger partial charge in [0, 0.05) is 12.1 Å². The standard InChI is InChI=1S/C18H22N4O3/c1-13-4-3-5-14(2)22(13)17(23)10-25-18(24)15-6-8-16(9-7-15)21-12-19-11-20-21/h6-9,11-14H,3-5,10H2,1-2H3/t13-,14+. The summed E-state index contributed by atoms with van der Waals surface area (Å²) in [5.41, 5.74) is 1.19. The van der Waals surface area contributed by atoms with Gasteiger partial charge >= 0.3 is 5.97 Å². The van der Waals surface area contributed by atoms with Crippen molar-refractivity contribution in [3.05, 3.63) is 42.5 Å². The van der Waals surface area contributed by atoms with Gasteiger partial charge in [0.15, 0.2) is 6.61 Å². The van der Waals surface area contributed by atoms with Crippen molar-refractivity contribution in [1.82, 2.24) is 19.7 Å². The molecule has 1 aromatic carbocycles. The molecule has 1 aliphatic heterocycles. The highest BCUT2D eigenvalue weighted by atomic mass is 16.5. The van der Waals surface area contributed by atoms with E-state index in [-0.39, 0.29) is 24.6 Å². The number of rotatable bonds is 4. The fourth-order valence-electron chi connectivity index (χ4n) is 3.29. The van der Waals surface area contributed by atoms with Crippen LogP contribution in [-0.2, 0) is 9.53 Å². The molecular formula is C18H22N4O3. The van der Waals surface area contributed by atoms with Gasteiger partial charge in [0.05, 0.1) is 11.3 Å². The molecule has 1 amide bonds. The van der Waals surface area contributed by atoms with Crippen LogP contribution >= 0.6 is 0 Å². The van der Waals surface area contributed by atoms with Crippen LogP contribution in [0.2, 0.25) is 0 Å². The van der Waals surface area contributed by atoms with E-state index in [1.54, 1.807) is 35.3 Å². The molecule has 25 heavy (non-hydrogen) atoms. The Kier molecular flexibility index (Phi) is 5.11. The minimum atomic E-state index is -0.504. The van der Waals surface area contributed by atoms with Crippen molar-refractivity contribution in [2.75, 3.05) is 6.61 Å². The molecule has 0 saturated carbocycles. The van der Waals surface area contributed by atoms with Crippen molar-refractivity contribution in [2.24, 2.45) is 0 Å². The third kappa shape index (κ3) is 3.87. The molecule has 2 aromatic rings. The molecule has 1 saturated heterocycles. The van der Waals surface area contributed by atoms with E-state index in [1.807, 2.05) is 18.7 Å². The van der Waals surface area contributed by atoms with E-state index < -0.39 is 5.97 Å². The van der Waals surface area contributed by atoms with Crippen LogP contribution in [0.25, 0.3) is 5.69 Å². The van der Waals surface area contributed by atoms with Crippen molar-refractivity contribution in [3.8, 4) is 5.69 Å². The number of carbonyl (C=O) groups is 2. The van der Waals surface area contributed by atoms with Crippen LogP contribution in [0.5, 0.6) is 0 Å². The van der Waals surface area contributed by atoms with Gasteiger partial charge in [-0.05, 0) is 57.4 Å². The molecule has 1 aromatic heterocycles. The number of hydrogen-bond acceptors (Lipinski definition) is 5. The number of esters is 1. The highest BCUT2D eigenvalue weighted by Gasteiger charge is 2.29. The van der Waals surface area contributed by atoms with Gasteiger partial charge in [0.2, 0.25) is 0 Å². The van der Waals surface area contributed by atoms with E-state index >= 15 is 0 Å². The molecule has 1 aliphatic rings. The number of piperidine rings is 1. The second kappa shape index (κ2) is 7.46. The SMILES string of the molecule is C[C@@H]1CCC[C@H](C)N1C(=O)COC(=O)c1ccc(-n2cncn2)cc1. The van der Waals surface area contributed by atoms with Crippen molar-refractivity contribution in [1.29, 1.82) is 0 Å². The molecule has 2 heterocycles. The lowest BCUT2D eigenvalue weighted by Crippen LogP contribution is -2.49. The average Bonchev–Trinajstić information content (AvgIpc) is 3.14. The zero-order valence-electron chi connectivity index (χ0n) is 14.5. The van der Waals surface area contributed by atoms with Gasteiger partial charge in [-0.25, -0.2) is 14.5 Å². The Hall–Kier alpha value is -2.70. The maximum atomic E-state index is 12.4. The number of nitrogens with zero attached hydrogens (tertiary/aromatic N) is 4. The minimum absolute atomic E-state index is 0.132. The van der Waals surface area contributed by atoms with Gasteiger partial charge in [-0.15, -0.1) is 0 Å². The zero-order chi connectivity index (χ0) is 17.8. The van der Waals surface area contributed by atoms with Crippen LogP contribution in [0.15, 0.2) is 36.9 Å². The van der Waals surface area contributed by atoms with E-state index in [9.17, 15) is 9.59 Å². The number of likely N-dealkylation sites (tertiary alicyclic amines) is 1. The first-order valence-corrected chi connectivity index (χ1v) is 8.49. The van der Waals surface area contributed by atoms with Crippen LogP contribution in [0.3, 0.4) is 0 Å². The molecule has 7 nitrogen and oxygen atoms in total. The average molecular weight is 342 g/mol. The summed E-state index contributed by atoms with van der Waals surface area (Å²) in [6.45, 7) is 3.86. The number of carbonyl (C=O) groups excluding carboxylic acids is 2. The number of ether oxygens (including phenoxy) is 1. The van der Waals surface area contributed by atoms with Crippen molar-refractivity contribution in [2.45, 2.75) is 45.2 Å². The van der Waals surface area contributed by atoms with Gasteiger partial charge in [-0.1, -0.05) is 0 Å². The highest BCUT2D eigenvalue weighted by molar-refractivity contribution is 5.91. The fourth-order valence-corrected chi connectivity index (χ4v) is 3.29. The fraction of sp³-hybridized carbons (Fsp3) is 0.444. The van der Waals surface area contributed by atoms with E-state index in [1.165, 1.54) is 6.33 Å². The molecule has 3 rings (SSSR count). The van der Waals surface area contributed by atoms with Crippen molar-refractivity contribution in [3.63, 3.8) is 0 Å². The van der Waals surface area contributed by atoms with E-state index in [0.29, 0.717) is 5.56 Å². The number of hydrogen-bond donors (Lipinski definition) is 0. The Bertz CT molecular complexity index is 717. The Morgan fingerprint density at radius 1 is 1.16 bits per heavy atom. The quantitative estimate of drug-likeness (QED) is 0.796. The summed E-state index contributed by atoms with van der Waals surface area (Å²) in [7, 11) is 0. The Balaban J connectivity index is 1.58. The molecule has 2 atom stereocenters. The van der Waals surface area contributed by atoms with Gasteiger partial charge in [-0.3, -0.25) is 4.79 Å². The van der Waals surface area contributed by atoms with Gasteiger partial charge < -0.3 is 9.64 Å². The molecular weight excluding hydrogens is 320 g/mol. The third-order valence-electron chi connectivity index (χ3n) is 4.59. The maximum absolute atomic E-state index is 12.4. The first kappa shape index (κ1) is 17.1. The van der Waals surface area contributed by atoms with E-state index in [0.717, 1.165) is 24.9 Å². The summed E-state index contributed by atoms with van der Waals surface area (Å²) in [5.74, 6) is -0.636. The lowest BCUT2D eigenvalue weighted by Gasteiger charge is -2.38. The number of amides is 1. The van der Waals surface area contributed by atoms with Crippen LogP contribution in [0.4, 0.5) is 0 Å². The molecule has 132 valence electrons. The van der Waals surface area contributed by atoms with E-state index in [4.69, 9.17) is 4.74 Å². The summed E-state index contributed by atoms with van der Waals surface area (Å²) in [5, 5.41) is 4.03. The van der Waals surface area contributed by atoms with E-state index in [2.05, 4.69) is 10.1 Å². The van der Waals surface area contributed by atoms with Gasteiger partial charge in [0.25, 0.3) is 5.91 Å². The summed E-state index contributed by atoms with van der Waals surface area (Å²) in [6, 6.07) is 7.18. The molecule has 0 N–H and O–H groups in total. The van der Waals surface area contributed by atoms with Crippen LogP contribution in [-0.4, -0.2) is 50.2 Å². The Morgan fingerprint density at radius 3 is 2.44 bits per heavy atom. The van der Waals surface area contributed by atoms with Crippen LogP contribution in [0.1, 0.15) is 43.5 Å². The second-order valence-corrected chi connectivity index (χ2v) is 6.39. The number of aromatic nitrogens is 3. The summed E-state index contributed by atoms with van der Waals surface area (Å²) in [6.07, 6.45) is 6.13. The van der Waals surface area contributed by atoms with Gasteiger partial charge in [0.1, 0.15) is 12.7 Å². The van der Waals surface area contributed by atoms with Crippen LogP contribution in [0, 0.1) is 0 Å². The lowest BCUT2D eigenvalue weighted by atomic mass is 9.97. The number of benzene rings is 1. The minimum Gasteiger partial charge on any atom is -0.452 e. The molecule has 0 bridgehead atoms. The predicted molar refractivity (Wildman–Crippen MR) is 91.3 cm³/mol. The Morgan fingerprint density at radius 2 is 1.84 bits per heavy atom. The summed E-state index contributed by atoms with van der Waals surface area (Å²) < 4.78 is 6.80. The van der Waals surface area contributed by atoms with Crippen LogP contribution < -0.4 is 0 Å². The highest BCUT2D eigenvalue weighted by Crippen LogP contribution is 2.22. The van der Waals surface area contributed by atoms with Crippen molar-refractivity contribution >= 4 is 11.9 Å². The molecule has 0 aliphatic carbocycles. The molecule has 7 heteroatoms. The lowest BCUT2D eigenvalue weighted by molar-refractivity contribution is -0.140. The topological polar surface area (TPSA) is 77.3 Å². The molecule has 0 unspecified atom stereocenters. The smallest absolute Gasteiger partial charge is 0.338 e. The molecule has 0 radical (unpaired) electrons.